The number of benzene rings is 1. The third-order valence-electron chi connectivity index (χ3n) is 2.30. The molecule has 80 valence electrons. The number of hydrogen-bond acceptors (Lipinski definition) is 2. The molecule has 2 aromatic rings. The number of Topliss-reactive ketones (excluding diaryl/α,β-unsaturated/α-hetero) is 1. The van der Waals surface area contributed by atoms with Gasteiger partial charge in [0, 0.05) is 10.4 Å². The standard InChI is InChI=1S/C14H12OS/c1-11(10-13-8-5-9-16-13)14(15)12-6-3-2-4-7-12/h2-10H,1H3/b11-10-. The minimum Gasteiger partial charge on any atom is -0.289 e. The van der Waals surface area contributed by atoms with Crippen LogP contribution in [-0.4, -0.2) is 5.78 Å². The Hall–Kier alpha value is -1.67. The first-order chi connectivity index (χ1) is 7.77. The maximum atomic E-state index is 12.0. The van der Waals surface area contributed by atoms with Crippen LogP contribution in [-0.2, 0) is 0 Å². The first kappa shape index (κ1) is 10.8. The van der Waals surface area contributed by atoms with Crippen LogP contribution < -0.4 is 0 Å². The van der Waals surface area contributed by atoms with Crippen molar-refractivity contribution in [3.8, 4) is 0 Å². The van der Waals surface area contributed by atoms with Crippen LogP contribution in [0.15, 0.2) is 53.4 Å². The first-order valence-electron chi connectivity index (χ1n) is 5.09. The number of carbonyl (C=O) groups is 1. The molecule has 0 aliphatic heterocycles. The van der Waals surface area contributed by atoms with E-state index >= 15 is 0 Å². The zero-order valence-electron chi connectivity index (χ0n) is 9.01. The molecule has 0 fully saturated rings. The fourth-order valence-corrected chi connectivity index (χ4v) is 2.19. The van der Waals surface area contributed by atoms with Gasteiger partial charge in [-0.2, -0.15) is 0 Å². The minimum atomic E-state index is 0.0917. The first-order valence-corrected chi connectivity index (χ1v) is 5.97. The van der Waals surface area contributed by atoms with Crippen LogP contribution in [0.4, 0.5) is 0 Å². The second-order valence-corrected chi connectivity index (χ2v) is 4.52. The molecule has 0 unspecified atom stereocenters. The smallest absolute Gasteiger partial charge is 0.188 e. The van der Waals surface area contributed by atoms with E-state index in [0.717, 1.165) is 16.0 Å². The molecular formula is C14H12OS. The Labute approximate surface area is 99.1 Å². The highest BCUT2D eigenvalue weighted by Gasteiger charge is 2.06. The van der Waals surface area contributed by atoms with Crippen molar-refractivity contribution in [2.75, 3.05) is 0 Å². The van der Waals surface area contributed by atoms with Gasteiger partial charge in [0.05, 0.1) is 0 Å². The second-order valence-electron chi connectivity index (χ2n) is 3.54. The Kier molecular flexibility index (Phi) is 3.32. The highest BCUT2D eigenvalue weighted by Crippen LogP contribution is 2.16. The van der Waals surface area contributed by atoms with Crippen molar-refractivity contribution < 1.29 is 4.79 Å². The van der Waals surface area contributed by atoms with Gasteiger partial charge in [-0.25, -0.2) is 0 Å². The molecule has 0 saturated heterocycles. The van der Waals surface area contributed by atoms with Crippen LogP contribution in [0.1, 0.15) is 22.2 Å². The van der Waals surface area contributed by atoms with Gasteiger partial charge in [-0.15, -0.1) is 11.3 Å². The molecule has 1 aromatic carbocycles. The third-order valence-corrected chi connectivity index (χ3v) is 3.12. The normalized spacial score (nSPS) is 11.4. The Morgan fingerprint density at radius 3 is 2.50 bits per heavy atom. The van der Waals surface area contributed by atoms with Gasteiger partial charge in [-0.1, -0.05) is 36.4 Å². The summed E-state index contributed by atoms with van der Waals surface area (Å²) >= 11 is 1.64. The largest absolute Gasteiger partial charge is 0.289 e. The Morgan fingerprint density at radius 1 is 1.12 bits per heavy atom. The van der Waals surface area contributed by atoms with Crippen molar-refractivity contribution in [2.45, 2.75) is 6.92 Å². The lowest BCUT2D eigenvalue weighted by atomic mass is 10.0. The van der Waals surface area contributed by atoms with E-state index in [1.54, 1.807) is 11.3 Å². The van der Waals surface area contributed by atoms with Gasteiger partial charge in [-0.3, -0.25) is 4.79 Å². The van der Waals surface area contributed by atoms with E-state index in [4.69, 9.17) is 0 Å². The summed E-state index contributed by atoms with van der Waals surface area (Å²) in [4.78, 5) is 13.1. The molecule has 0 N–H and O–H groups in total. The summed E-state index contributed by atoms with van der Waals surface area (Å²) in [6.45, 7) is 1.86. The van der Waals surface area contributed by atoms with E-state index in [2.05, 4.69) is 0 Å². The molecule has 0 saturated carbocycles. The molecule has 16 heavy (non-hydrogen) atoms. The molecule has 0 aliphatic rings. The van der Waals surface area contributed by atoms with E-state index in [0.29, 0.717) is 0 Å². The number of carbonyl (C=O) groups excluding carboxylic acids is 1. The lowest BCUT2D eigenvalue weighted by Gasteiger charge is -1.99. The van der Waals surface area contributed by atoms with Gasteiger partial charge < -0.3 is 0 Å². The van der Waals surface area contributed by atoms with Crippen LogP contribution >= 0.6 is 11.3 Å². The van der Waals surface area contributed by atoms with Gasteiger partial charge >= 0.3 is 0 Å². The average molecular weight is 228 g/mol. The quantitative estimate of drug-likeness (QED) is 0.572. The molecule has 0 radical (unpaired) electrons. The summed E-state index contributed by atoms with van der Waals surface area (Å²) < 4.78 is 0. The topological polar surface area (TPSA) is 17.1 Å². The summed E-state index contributed by atoms with van der Waals surface area (Å²) in [6, 6.07) is 13.3. The molecule has 2 heteroatoms. The van der Waals surface area contributed by atoms with Crippen molar-refractivity contribution in [2.24, 2.45) is 0 Å². The molecule has 1 heterocycles. The van der Waals surface area contributed by atoms with Crippen molar-refractivity contribution in [1.29, 1.82) is 0 Å². The monoisotopic (exact) mass is 228 g/mol. The van der Waals surface area contributed by atoms with E-state index in [1.807, 2.05) is 60.8 Å². The van der Waals surface area contributed by atoms with Crippen LogP contribution in [0, 0.1) is 0 Å². The van der Waals surface area contributed by atoms with Crippen molar-refractivity contribution in [3.63, 3.8) is 0 Å². The predicted octanol–water partition coefficient (Wildman–Crippen LogP) is 4.03. The van der Waals surface area contributed by atoms with Gasteiger partial charge in [0.15, 0.2) is 5.78 Å². The maximum absolute atomic E-state index is 12.0. The van der Waals surface area contributed by atoms with Crippen LogP contribution in [0.3, 0.4) is 0 Å². The fourth-order valence-electron chi connectivity index (χ4n) is 1.47. The van der Waals surface area contributed by atoms with Gasteiger partial charge in [0.2, 0.25) is 0 Å². The van der Waals surface area contributed by atoms with Gasteiger partial charge in [-0.05, 0) is 30.0 Å². The lowest BCUT2D eigenvalue weighted by molar-refractivity contribution is 0.103. The molecular weight excluding hydrogens is 216 g/mol. The van der Waals surface area contributed by atoms with E-state index in [-0.39, 0.29) is 5.78 Å². The lowest BCUT2D eigenvalue weighted by Crippen LogP contribution is -1.99. The molecule has 0 atom stereocenters. The SMILES string of the molecule is C/C(=C/c1cccs1)C(=O)c1ccccc1. The summed E-state index contributed by atoms with van der Waals surface area (Å²) in [5.74, 6) is 0.0917. The van der Waals surface area contributed by atoms with Crippen LogP contribution in [0.25, 0.3) is 6.08 Å². The fraction of sp³-hybridized carbons (Fsp3) is 0.0714. The highest BCUT2D eigenvalue weighted by molar-refractivity contribution is 7.10. The van der Waals surface area contributed by atoms with Crippen molar-refractivity contribution in [3.05, 3.63) is 63.9 Å². The van der Waals surface area contributed by atoms with Gasteiger partial charge in [0.1, 0.15) is 0 Å². The molecule has 0 amide bonds. The number of rotatable bonds is 3. The summed E-state index contributed by atoms with van der Waals surface area (Å²) in [5.41, 5.74) is 1.52. The summed E-state index contributed by atoms with van der Waals surface area (Å²) in [7, 11) is 0. The zero-order valence-corrected chi connectivity index (χ0v) is 9.83. The Morgan fingerprint density at radius 2 is 1.88 bits per heavy atom. The van der Waals surface area contributed by atoms with E-state index < -0.39 is 0 Å². The number of thiophene rings is 1. The Balaban J connectivity index is 2.23. The van der Waals surface area contributed by atoms with Crippen LogP contribution in [0.2, 0.25) is 0 Å². The van der Waals surface area contributed by atoms with E-state index in [1.165, 1.54) is 0 Å². The summed E-state index contributed by atoms with van der Waals surface area (Å²) in [6.07, 6.45) is 1.93. The number of hydrogen-bond donors (Lipinski definition) is 0. The Bertz CT molecular complexity index is 495. The summed E-state index contributed by atoms with van der Waals surface area (Å²) in [5, 5.41) is 2.01. The molecule has 0 aliphatic carbocycles. The molecule has 2 rings (SSSR count). The van der Waals surface area contributed by atoms with Crippen LogP contribution in [0.5, 0.6) is 0 Å². The predicted molar refractivity (Wildman–Crippen MR) is 68.7 cm³/mol. The van der Waals surface area contributed by atoms with E-state index in [9.17, 15) is 4.79 Å². The molecule has 0 bridgehead atoms. The average Bonchev–Trinajstić information content (AvgIpc) is 2.82. The minimum absolute atomic E-state index is 0.0917. The zero-order chi connectivity index (χ0) is 11.4. The third kappa shape index (κ3) is 2.47. The molecule has 1 aromatic heterocycles. The maximum Gasteiger partial charge on any atom is 0.188 e. The highest BCUT2D eigenvalue weighted by atomic mass is 32.1. The van der Waals surface area contributed by atoms with Crippen molar-refractivity contribution in [1.82, 2.24) is 0 Å². The molecule has 0 spiro atoms. The van der Waals surface area contributed by atoms with Crippen molar-refractivity contribution >= 4 is 23.2 Å². The number of ketones is 1. The number of allylic oxidation sites excluding steroid dienone is 1. The second kappa shape index (κ2) is 4.90. The molecule has 1 nitrogen and oxygen atoms in total. The van der Waals surface area contributed by atoms with Gasteiger partial charge in [0.25, 0.3) is 0 Å².